The molecule has 1 aromatic rings. The zero-order valence-corrected chi connectivity index (χ0v) is 12.9. The van der Waals surface area contributed by atoms with Crippen LogP contribution in [0.2, 0.25) is 0 Å². The lowest BCUT2D eigenvalue weighted by molar-refractivity contribution is 0.0583. The van der Waals surface area contributed by atoms with E-state index in [1.165, 1.54) is 50.9 Å². The van der Waals surface area contributed by atoms with Crippen molar-refractivity contribution >= 4 is 0 Å². The number of para-hydroxylation sites is 1. The van der Waals surface area contributed by atoms with Gasteiger partial charge in [-0.2, -0.15) is 0 Å². The van der Waals surface area contributed by atoms with Crippen LogP contribution >= 0.6 is 0 Å². The van der Waals surface area contributed by atoms with Crippen LogP contribution < -0.4 is 10.1 Å². The van der Waals surface area contributed by atoms with Crippen LogP contribution in [0.1, 0.15) is 37.2 Å². The van der Waals surface area contributed by atoms with Gasteiger partial charge in [-0.3, -0.25) is 0 Å². The third kappa shape index (κ3) is 2.58. The summed E-state index contributed by atoms with van der Waals surface area (Å²) in [7, 11) is 1.78. The number of hydrogen-bond acceptors (Lipinski definition) is 3. The highest BCUT2D eigenvalue weighted by Crippen LogP contribution is 2.41. The van der Waals surface area contributed by atoms with Gasteiger partial charge in [0, 0.05) is 18.6 Å². The maximum Gasteiger partial charge on any atom is 0.122 e. The Morgan fingerprint density at radius 3 is 2.57 bits per heavy atom. The first kappa shape index (κ1) is 13.6. The molecule has 2 bridgehead atoms. The first-order valence-corrected chi connectivity index (χ1v) is 8.45. The van der Waals surface area contributed by atoms with Gasteiger partial charge in [0.1, 0.15) is 5.75 Å². The third-order valence-electron chi connectivity index (χ3n) is 5.82. The van der Waals surface area contributed by atoms with Crippen molar-refractivity contribution in [2.24, 2.45) is 5.92 Å². The van der Waals surface area contributed by atoms with Gasteiger partial charge in [0.15, 0.2) is 0 Å². The molecular formula is C18H26N2O. The van der Waals surface area contributed by atoms with Crippen LogP contribution in [0.4, 0.5) is 0 Å². The third-order valence-corrected chi connectivity index (χ3v) is 5.82. The lowest BCUT2D eigenvalue weighted by atomic mass is 9.74. The number of rotatable bonds is 4. The van der Waals surface area contributed by atoms with E-state index in [2.05, 4.69) is 34.5 Å². The Morgan fingerprint density at radius 2 is 1.90 bits per heavy atom. The minimum atomic E-state index is 0.680. The van der Waals surface area contributed by atoms with Crippen molar-refractivity contribution in [3.05, 3.63) is 29.8 Å². The molecule has 3 heterocycles. The number of nitrogens with one attached hydrogen (secondary N) is 1. The standard InChI is InChI=1S/C18H26N2O/c1-21-18-5-3-2-4-16(18)14-10-15(11-14)19-17-12-20-8-6-13(17)7-9-20/h2-5,13-15,17,19H,6-12H2,1H3. The van der Waals surface area contributed by atoms with Crippen LogP contribution in [-0.4, -0.2) is 43.7 Å². The lowest BCUT2D eigenvalue weighted by Gasteiger charge is -2.48. The molecule has 114 valence electrons. The molecule has 5 rings (SSSR count). The summed E-state index contributed by atoms with van der Waals surface area (Å²) in [6, 6.07) is 9.97. The number of piperidine rings is 3. The monoisotopic (exact) mass is 286 g/mol. The van der Waals surface area contributed by atoms with Crippen molar-refractivity contribution in [3.63, 3.8) is 0 Å². The smallest absolute Gasteiger partial charge is 0.122 e. The minimum Gasteiger partial charge on any atom is -0.496 e. The molecule has 3 saturated heterocycles. The summed E-state index contributed by atoms with van der Waals surface area (Å²) in [4.78, 5) is 2.63. The molecule has 3 aliphatic heterocycles. The van der Waals surface area contributed by atoms with E-state index < -0.39 is 0 Å². The highest BCUT2D eigenvalue weighted by Gasteiger charge is 2.38. The van der Waals surface area contributed by atoms with Gasteiger partial charge in [-0.05, 0) is 62.2 Å². The quantitative estimate of drug-likeness (QED) is 0.921. The first-order chi connectivity index (χ1) is 10.3. The Hall–Kier alpha value is -1.06. The minimum absolute atomic E-state index is 0.680. The first-order valence-electron chi connectivity index (χ1n) is 8.45. The van der Waals surface area contributed by atoms with Gasteiger partial charge in [-0.25, -0.2) is 0 Å². The highest BCUT2D eigenvalue weighted by molar-refractivity contribution is 5.37. The largest absolute Gasteiger partial charge is 0.496 e. The summed E-state index contributed by atoms with van der Waals surface area (Å²) >= 11 is 0. The highest BCUT2D eigenvalue weighted by atomic mass is 16.5. The summed E-state index contributed by atoms with van der Waals surface area (Å²) in [6.45, 7) is 3.94. The van der Waals surface area contributed by atoms with Gasteiger partial charge in [0.25, 0.3) is 0 Å². The van der Waals surface area contributed by atoms with Gasteiger partial charge in [-0.15, -0.1) is 0 Å². The van der Waals surface area contributed by atoms with Gasteiger partial charge in [-0.1, -0.05) is 18.2 Å². The van der Waals surface area contributed by atoms with Crippen LogP contribution in [0, 0.1) is 5.92 Å². The maximum absolute atomic E-state index is 5.50. The Bertz CT molecular complexity index is 490. The number of hydrogen-bond donors (Lipinski definition) is 1. The van der Waals surface area contributed by atoms with Gasteiger partial charge in [0.2, 0.25) is 0 Å². The molecule has 1 aromatic carbocycles. The van der Waals surface area contributed by atoms with Crippen molar-refractivity contribution in [1.29, 1.82) is 0 Å². The Balaban J connectivity index is 1.33. The van der Waals surface area contributed by atoms with E-state index in [1.807, 2.05) is 0 Å². The fraction of sp³-hybridized carbons (Fsp3) is 0.667. The molecule has 0 aromatic heterocycles. The predicted molar refractivity (Wildman–Crippen MR) is 84.8 cm³/mol. The Morgan fingerprint density at radius 1 is 1.14 bits per heavy atom. The lowest BCUT2D eigenvalue weighted by Crippen LogP contribution is -2.59. The van der Waals surface area contributed by atoms with Gasteiger partial charge >= 0.3 is 0 Å². The normalized spacial score (nSPS) is 38.0. The van der Waals surface area contributed by atoms with E-state index in [0.717, 1.165) is 17.7 Å². The number of benzene rings is 1. The molecule has 4 fully saturated rings. The molecule has 1 atom stereocenters. The summed E-state index contributed by atoms with van der Waals surface area (Å²) in [6.07, 6.45) is 5.34. The van der Waals surface area contributed by atoms with Crippen molar-refractivity contribution in [2.45, 2.75) is 43.7 Å². The maximum atomic E-state index is 5.50. The molecule has 1 N–H and O–H groups in total. The summed E-state index contributed by atoms with van der Waals surface area (Å²) in [5.41, 5.74) is 1.40. The average molecular weight is 286 g/mol. The van der Waals surface area contributed by atoms with Crippen molar-refractivity contribution < 1.29 is 4.74 Å². The van der Waals surface area contributed by atoms with Crippen LogP contribution in [0.3, 0.4) is 0 Å². The SMILES string of the molecule is COc1ccccc1C1CC(NC2CN3CCC2CC3)C1. The van der Waals surface area contributed by atoms with Crippen molar-refractivity contribution in [3.8, 4) is 5.75 Å². The molecular weight excluding hydrogens is 260 g/mol. The van der Waals surface area contributed by atoms with E-state index in [0.29, 0.717) is 12.0 Å². The molecule has 4 aliphatic rings. The molecule has 3 heteroatoms. The second-order valence-electron chi connectivity index (χ2n) is 7.02. The van der Waals surface area contributed by atoms with Crippen molar-refractivity contribution in [1.82, 2.24) is 10.2 Å². The number of ether oxygens (including phenoxy) is 1. The predicted octanol–water partition coefficient (Wildman–Crippen LogP) is 2.63. The zero-order chi connectivity index (χ0) is 14.2. The molecule has 1 unspecified atom stereocenters. The topological polar surface area (TPSA) is 24.5 Å². The summed E-state index contributed by atoms with van der Waals surface area (Å²) < 4.78 is 5.50. The van der Waals surface area contributed by atoms with E-state index in [-0.39, 0.29) is 0 Å². The molecule has 1 saturated carbocycles. The second kappa shape index (κ2) is 5.62. The zero-order valence-electron chi connectivity index (χ0n) is 12.9. The van der Waals surface area contributed by atoms with Crippen molar-refractivity contribution in [2.75, 3.05) is 26.7 Å². The fourth-order valence-electron chi connectivity index (χ4n) is 4.47. The number of methoxy groups -OCH3 is 1. The molecule has 0 spiro atoms. The molecule has 21 heavy (non-hydrogen) atoms. The second-order valence-corrected chi connectivity index (χ2v) is 7.02. The van der Waals surface area contributed by atoms with Crippen LogP contribution in [0.5, 0.6) is 5.75 Å². The Kier molecular flexibility index (Phi) is 3.64. The van der Waals surface area contributed by atoms with E-state index in [1.54, 1.807) is 7.11 Å². The van der Waals surface area contributed by atoms with Gasteiger partial charge < -0.3 is 15.0 Å². The molecule has 1 aliphatic carbocycles. The van der Waals surface area contributed by atoms with Gasteiger partial charge in [0.05, 0.1) is 7.11 Å². The average Bonchev–Trinajstić information content (AvgIpc) is 2.52. The number of nitrogens with zero attached hydrogens (tertiary/aromatic N) is 1. The fourth-order valence-corrected chi connectivity index (χ4v) is 4.47. The summed E-state index contributed by atoms with van der Waals surface area (Å²) in [5.74, 6) is 2.67. The van der Waals surface area contributed by atoms with E-state index >= 15 is 0 Å². The summed E-state index contributed by atoms with van der Waals surface area (Å²) in [5, 5.41) is 3.94. The van der Waals surface area contributed by atoms with Crippen LogP contribution in [-0.2, 0) is 0 Å². The molecule has 3 nitrogen and oxygen atoms in total. The van der Waals surface area contributed by atoms with E-state index in [4.69, 9.17) is 4.74 Å². The van der Waals surface area contributed by atoms with Crippen LogP contribution in [0.15, 0.2) is 24.3 Å². The molecule has 0 amide bonds. The molecule has 0 radical (unpaired) electrons. The Labute approximate surface area is 127 Å². The number of fused-ring (bicyclic) bond motifs is 3. The van der Waals surface area contributed by atoms with E-state index in [9.17, 15) is 0 Å². The van der Waals surface area contributed by atoms with Crippen LogP contribution in [0.25, 0.3) is 0 Å².